The van der Waals surface area contributed by atoms with Crippen molar-refractivity contribution in [3.63, 3.8) is 0 Å². The number of rotatable bonds is 29. The van der Waals surface area contributed by atoms with Crippen molar-refractivity contribution in [2.24, 2.45) is 0 Å². The monoisotopic (exact) mass is 679 g/mol. The molecule has 0 saturated heterocycles. The third-order valence-corrected chi connectivity index (χ3v) is 9.24. The molecule has 2 aromatic carbocycles. The van der Waals surface area contributed by atoms with E-state index in [-0.39, 0.29) is 0 Å². The first-order valence-electron chi connectivity index (χ1n) is 20.1. The Balaban J connectivity index is 1.54. The van der Waals surface area contributed by atoms with Crippen LogP contribution in [-0.2, 0) is 25.7 Å². The van der Waals surface area contributed by atoms with Crippen molar-refractivity contribution in [2.75, 3.05) is 0 Å². The van der Waals surface area contributed by atoms with Crippen LogP contribution < -0.4 is 0 Å². The third kappa shape index (κ3) is 24.0. The average Bonchev–Trinajstić information content (AvgIpc) is 3.12. The molecular weight excluding hydrogens is 609 g/mol. The van der Waals surface area contributed by atoms with Gasteiger partial charge in [0.25, 0.3) is 0 Å². The lowest BCUT2D eigenvalue weighted by molar-refractivity contribution is 0.223. The lowest BCUT2D eigenvalue weighted by Crippen LogP contribution is -2.06. The van der Waals surface area contributed by atoms with Gasteiger partial charge in [-0.25, -0.2) is 0 Å². The van der Waals surface area contributed by atoms with Gasteiger partial charge in [-0.05, 0) is 47.9 Å². The molecule has 0 heterocycles. The number of unbranched alkanes of at least 4 members (excludes halogenated alkanes) is 14. The summed E-state index contributed by atoms with van der Waals surface area (Å²) >= 11 is 0. The first kappa shape index (κ1) is 43.0. The van der Waals surface area contributed by atoms with Crippen molar-refractivity contribution in [1.82, 2.24) is 0 Å². The highest BCUT2D eigenvalue weighted by Gasteiger charge is 2.03. The number of hydrogen-bond acceptors (Lipinski definition) is 2. The van der Waals surface area contributed by atoms with Crippen LogP contribution in [0.5, 0.6) is 0 Å². The maximum Gasteiger partial charge on any atom is 0.0764 e. The zero-order valence-electron chi connectivity index (χ0n) is 31.7. The Morgan fingerprint density at radius 3 is 0.940 bits per heavy atom. The summed E-state index contributed by atoms with van der Waals surface area (Å²) in [6.45, 7) is 4.54. The highest BCUT2D eigenvalue weighted by atomic mass is 16.3. The molecule has 2 heteroatoms. The minimum Gasteiger partial charge on any atom is -0.389 e. The molecule has 0 fully saturated rings. The smallest absolute Gasteiger partial charge is 0.0764 e. The van der Waals surface area contributed by atoms with E-state index >= 15 is 0 Å². The summed E-state index contributed by atoms with van der Waals surface area (Å²) in [5, 5.41) is 20.8. The zero-order valence-corrected chi connectivity index (χ0v) is 31.7. The highest BCUT2D eigenvalue weighted by Crippen LogP contribution is 2.15. The molecule has 2 rings (SSSR count). The van der Waals surface area contributed by atoms with E-state index in [2.05, 4.69) is 62.4 Å². The number of aliphatic hydroxyl groups excluding tert-OH is 2. The van der Waals surface area contributed by atoms with Gasteiger partial charge in [-0.1, -0.05) is 225 Å². The van der Waals surface area contributed by atoms with Crippen LogP contribution in [0.3, 0.4) is 0 Å². The van der Waals surface area contributed by atoms with Crippen molar-refractivity contribution in [1.29, 1.82) is 0 Å². The van der Waals surface area contributed by atoms with Crippen LogP contribution in [-0.4, -0.2) is 22.4 Å². The molecule has 0 amide bonds. The Labute approximate surface area is 307 Å². The fourth-order valence-corrected chi connectivity index (χ4v) is 6.13. The van der Waals surface area contributed by atoms with Gasteiger partial charge in [-0.15, -0.1) is 0 Å². The first-order valence-corrected chi connectivity index (χ1v) is 20.1. The Hall–Kier alpha value is -3.20. The second kappa shape index (κ2) is 30.6. The first-order chi connectivity index (χ1) is 24.6. The van der Waals surface area contributed by atoms with E-state index in [0.29, 0.717) is 12.8 Å². The minimum absolute atomic E-state index is 0.492. The van der Waals surface area contributed by atoms with Gasteiger partial charge in [-0.3, -0.25) is 0 Å². The molecule has 2 atom stereocenters. The average molecular weight is 679 g/mol. The van der Waals surface area contributed by atoms with Crippen molar-refractivity contribution in [3.05, 3.63) is 144 Å². The quantitative estimate of drug-likeness (QED) is 0.0664. The van der Waals surface area contributed by atoms with Gasteiger partial charge in [0.1, 0.15) is 0 Å². The molecule has 2 aromatic rings. The largest absolute Gasteiger partial charge is 0.389 e. The van der Waals surface area contributed by atoms with E-state index in [9.17, 15) is 10.2 Å². The molecule has 2 N–H and O–H groups in total. The topological polar surface area (TPSA) is 40.5 Å². The molecule has 2 unspecified atom stereocenters. The van der Waals surface area contributed by atoms with Crippen LogP contribution in [0, 0.1) is 0 Å². The number of benzene rings is 2. The van der Waals surface area contributed by atoms with E-state index in [1.54, 1.807) is 0 Å². The maximum absolute atomic E-state index is 10.4. The second-order valence-corrected chi connectivity index (χ2v) is 13.9. The van der Waals surface area contributed by atoms with Gasteiger partial charge in [-0.2, -0.15) is 0 Å². The van der Waals surface area contributed by atoms with Crippen molar-refractivity contribution in [2.45, 2.75) is 154 Å². The predicted molar refractivity (Wildman–Crippen MR) is 220 cm³/mol. The molecule has 0 bridgehead atoms. The molecule has 0 spiro atoms. The molecule has 0 aromatic heterocycles. The zero-order chi connectivity index (χ0) is 35.7. The summed E-state index contributed by atoms with van der Waals surface area (Å²) in [4.78, 5) is 0. The number of allylic oxidation sites excluding steroid dienone is 10. The van der Waals surface area contributed by atoms with E-state index in [0.717, 1.165) is 12.8 Å². The fraction of sp³-hybridized carbons (Fsp3) is 0.500. The van der Waals surface area contributed by atoms with Crippen LogP contribution in [0.25, 0.3) is 0 Å². The maximum atomic E-state index is 10.4. The second-order valence-electron chi connectivity index (χ2n) is 13.9. The van der Waals surface area contributed by atoms with Crippen LogP contribution in [0.15, 0.2) is 121 Å². The Morgan fingerprint density at radius 1 is 0.360 bits per heavy atom. The van der Waals surface area contributed by atoms with Crippen LogP contribution in [0.4, 0.5) is 0 Å². The molecule has 0 aliphatic rings. The standard InChI is InChI=1S/C48H70O2/c1-3-5-7-9-11-17-21-25-29-43-33-37-45(38-34-43)41-47(49)31-27-23-19-15-13-14-16-20-24-28-32-48(50)42-46-39-35-44(36-40-46)30-26-22-18-12-10-8-6-4-2/h13-16,19-20,23-24,27-28,31-40,47-50H,3-12,17-18,21-22,25-26,29-30,41-42H2,1-2H3/b15-13+,16-14+,23-19+,24-20+,31-27+,32-28+. The lowest BCUT2D eigenvalue weighted by Gasteiger charge is -2.07. The van der Waals surface area contributed by atoms with E-state index < -0.39 is 12.2 Å². The third-order valence-electron chi connectivity index (χ3n) is 9.24. The normalized spacial score (nSPS) is 13.8. The minimum atomic E-state index is -0.492. The summed E-state index contributed by atoms with van der Waals surface area (Å²) in [7, 11) is 0. The number of hydrogen-bond donors (Lipinski definition) is 2. The summed E-state index contributed by atoms with van der Waals surface area (Å²) < 4.78 is 0. The fourth-order valence-electron chi connectivity index (χ4n) is 6.13. The van der Waals surface area contributed by atoms with Crippen LogP contribution >= 0.6 is 0 Å². The summed E-state index contributed by atoms with van der Waals surface area (Å²) in [5.41, 5.74) is 5.13. The molecule has 0 saturated carbocycles. The van der Waals surface area contributed by atoms with Crippen molar-refractivity contribution < 1.29 is 10.2 Å². The number of aliphatic hydroxyl groups is 2. The Kier molecular flexibility index (Phi) is 26.3. The Bertz CT molecular complexity index is 1140. The molecule has 274 valence electrons. The molecule has 0 radical (unpaired) electrons. The Morgan fingerprint density at radius 2 is 0.620 bits per heavy atom. The predicted octanol–water partition coefficient (Wildman–Crippen LogP) is 12.9. The molecule has 0 aliphatic heterocycles. The number of aryl methyl sites for hydroxylation is 2. The van der Waals surface area contributed by atoms with Crippen LogP contribution in [0.2, 0.25) is 0 Å². The van der Waals surface area contributed by atoms with Gasteiger partial charge in [0.05, 0.1) is 12.2 Å². The summed E-state index contributed by atoms with van der Waals surface area (Å²) in [6, 6.07) is 17.5. The van der Waals surface area contributed by atoms with Gasteiger partial charge >= 0.3 is 0 Å². The van der Waals surface area contributed by atoms with E-state index in [4.69, 9.17) is 0 Å². The van der Waals surface area contributed by atoms with E-state index in [1.807, 2.05) is 72.9 Å². The van der Waals surface area contributed by atoms with Gasteiger partial charge in [0.15, 0.2) is 0 Å². The van der Waals surface area contributed by atoms with Crippen LogP contribution in [0.1, 0.15) is 139 Å². The molecule has 0 aliphatic carbocycles. The summed E-state index contributed by atoms with van der Waals surface area (Å²) in [6.07, 6.45) is 47.3. The van der Waals surface area contributed by atoms with Crippen molar-refractivity contribution >= 4 is 0 Å². The molecule has 2 nitrogen and oxygen atoms in total. The summed E-state index contributed by atoms with van der Waals surface area (Å²) in [5.74, 6) is 0. The molecular formula is C48H70O2. The van der Waals surface area contributed by atoms with Gasteiger partial charge in [0.2, 0.25) is 0 Å². The van der Waals surface area contributed by atoms with Gasteiger partial charge < -0.3 is 10.2 Å². The lowest BCUT2D eigenvalue weighted by atomic mass is 10.0. The highest BCUT2D eigenvalue weighted by molar-refractivity contribution is 5.26. The van der Waals surface area contributed by atoms with Gasteiger partial charge in [0, 0.05) is 12.8 Å². The van der Waals surface area contributed by atoms with Crippen molar-refractivity contribution in [3.8, 4) is 0 Å². The van der Waals surface area contributed by atoms with E-state index in [1.165, 1.54) is 125 Å². The molecule has 50 heavy (non-hydrogen) atoms. The SMILES string of the molecule is CCCCCCCCCCc1ccc(CC(O)/C=C/C=C/C=C/C=C/C=C/C=C/C(O)Cc2ccc(CCCCCCCCCC)cc2)cc1.